The maximum Gasteiger partial charge on any atom is 0.354 e. The van der Waals surface area contributed by atoms with Gasteiger partial charge in [-0.1, -0.05) is 0 Å². The van der Waals surface area contributed by atoms with Gasteiger partial charge in [-0.05, 0) is 12.5 Å². The number of nitrogens with one attached hydrogen (secondary N) is 2. The molecule has 0 saturated carbocycles. The number of hydrogen-bond acceptors (Lipinski definition) is 8. The lowest BCUT2D eigenvalue weighted by molar-refractivity contribution is -0.383. The third-order valence-electron chi connectivity index (χ3n) is 2.54. The monoisotopic (exact) mass is 278 g/mol. The number of hydrazine groups is 1. The van der Waals surface area contributed by atoms with E-state index in [0.717, 1.165) is 5.56 Å². The summed E-state index contributed by atoms with van der Waals surface area (Å²) in [7, 11) is 0. The van der Waals surface area contributed by atoms with Crippen molar-refractivity contribution in [2.24, 2.45) is 5.84 Å². The standard InChI is InChI=1S/C10H14N8O2/c1-7-4-15-17(5-7)3-2-12-9-8(18(19)20)10(16-11)14-6-13-9/h4-6H,2-3,11H2,1H3,(H2,12,13,14,16). The summed E-state index contributed by atoms with van der Waals surface area (Å²) in [6.45, 7) is 2.93. The molecule has 0 aliphatic carbocycles. The minimum Gasteiger partial charge on any atom is -0.362 e. The van der Waals surface area contributed by atoms with Crippen molar-refractivity contribution in [3.05, 3.63) is 34.4 Å². The average Bonchev–Trinajstić information content (AvgIpc) is 2.83. The number of nitrogens with two attached hydrogens (primary N) is 1. The Bertz CT molecular complexity index is 611. The number of hydrogen-bond donors (Lipinski definition) is 3. The summed E-state index contributed by atoms with van der Waals surface area (Å²) >= 11 is 0. The van der Waals surface area contributed by atoms with Gasteiger partial charge in [0.2, 0.25) is 11.6 Å². The van der Waals surface area contributed by atoms with Crippen LogP contribution in [0, 0.1) is 17.0 Å². The molecule has 0 saturated heterocycles. The first kappa shape index (κ1) is 13.7. The molecule has 2 aromatic rings. The van der Waals surface area contributed by atoms with E-state index in [1.165, 1.54) is 6.33 Å². The van der Waals surface area contributed by atoms with E-state index < -0.39 is 4.92 Å². The zero-order chi connectivity index (χ0) is 14.5. The van der Waals surface area contributed by atoms with Gasteiger partial charge >= 0.3 is 5.69 Å². The predicted molar refractivity (Wildman–Crippen MR) is 72.0 cm³/mol. The molecule has 0 aliphatic rings. The minimum atomic E-state index is -0.588. The van der Waals surface area contributed by atoms with Crippen molar-refractivity contribution < 1.29 is 4.92 Å². The van der Waals surface area contributed by atoms with Crippen molar-refractivity contribution >= 4 is 17.3 Å². The predicted octanol–water partition coefficient (Wildman–Crippen LogP) is 0.287. The summed E-state index contributed by atoms with van der Waals surface area (Å²) in [5.41, 5.74) is 2.94. The lowest BCUT2D eigenvalue weighted by Crippen LogP contribution is -2.16. The molecule has 4 N–H and O–H groups in total. The molecular formula is C10H14N8O2. The van der Waals surface area contributed by atoms with E-state index in [1.54, 1.807) is 10.9 Å². The molecule has 20 heavy (non-hydrogen) atoms. The van der Waals surface area contributed by atoms with Crippen LogP contribution in [0.4, 0.5) is 17.3 Å². The molecule has 0 atom stereocenters. The van der Waals surface area contributed by atoms with Gasteiger partial charge in [0.25, 0.3) is 0 Å². The summed E-state index contributed by atoms with van der Waals surface area (Å²) in [4.78, 5) is 18.0. The second-order valence-corrected chi connectivity index (χ2v) is 4.03. The quantitative estimate of drug-likeness (QED) is 0.389. The molecule has 0 spiro atoms. The Balaban J connectivity index is 2.07. The van der Waals surface area contributed by atoms with Crippen molar-refractivity contribution in [1.82, 2.24) is 19.7 Å². The third-order valence-corrected chi connectivity index (χ3v) is 2.54. The van der Waals surface area contributed by atoms with Crippen LogP contribution in [0.3, 0.4) is 0 Å². The molecule has 0 radical (unpaired) electrons. The highest BCUT2D eigenvalue weighted by molar-refractivity contribution is 5.68. The van der Waals surface area contributed by atoms with E-state index in [-0.39, 0.29) is 17.3 Å². The van der Waals surface area contributed by atoms with Crippen LogP contribution in [0.1, 0.15) is 5.56 Å². The largest absolute Gasteiger partial charge is 0.362 e. The fourth-order valence-corrected chi connectivity index (χ4v) is 1.66. The van der Waals surface area contributed by atoms with Crippen LogP contribution in [0.15, 0.2) is 18.7 Å². The van der Waals surface area contributed by atoms with E-state index in [0.29, 0.717) is 13.1 Å². The van der Waals surface area contributed by atoms with E-state index in [1.807, 2.05) is 13.1 Å². The van der Waals surface area contributed by atoms with Crippen molar-refractivity contribution in [3.8, 4) is 0 Å². The number of anilines is 2. The number of aryl methyl sites for hydroxylation is 1. The zero-order valence-electron chi connectivity index (χ0n) is 10.8. The van der Waals surface area contributed by atoms with Crippen LogP contribution in [0.2, 0.25) is 0 Å². The van der Waals surface area contributed by atoms with Crippen LogP contribution in [0.25, 0.3) is 0 Å². The topological polar surface area (TPSA) is 137 Å². The fraction of sp³-hybridized carbons (Fsp3) is 0.300. The highest BCUT2D eigenvalue weighted by Crippen LogP contribution is 2.27. The number of nitrogens with zero attached hydrogens (tertiary/aromatic N) is 5. The van der Waals surface area contributed by atoms with Gasteiger partial charge in [-0.15, -0.1) is 0 Å². The van der Waals surface area contributed by atoms with Crippen LogP contribution in [-0.2, 0) is 6.54 Å². The highest BCUT2D eigenvalue weighted by Gasteiger charge is 2.21. The van der Waals surface area contributed by atoms with E-state index in [9.17, 15) is 10.1 Å². The molecule has 10 heteroatoms. The van der Waals surface area contributed by atoms with Crippen molar-refractivity contribution in [2.45, 2.75) is 13.5 Å². The average molecular weight is 278 g/mol. The minimum absolute atomic E-state index is 0.0394. The number of aromatic nitrogens is 4. The molecule has 0 bridgehead atoms. The number of nitro groups is 1. The molecule has 2 rings (SSSR count). The van der Waals surface area contributed by atoms with Crippen molar-refractivity contribution in [1.29, 1.82) is 0 Å². The molecule has 2 aromatic heterocycles. The second kappa shape index (κ2) is 5.93. The Morgan fingerprint density at radius 3 is 2.80 bits per heavy atom. The lowest BCUT2D eigenvalue weighted by atomic mass is 10.4. The van der Waals surface area contributed by atoms with Crippen molar-refractivity contribution in [3.63, 3.8) is 0 Å². The van der Waals surface area contributed by atoms with Crippen LogP contribution in [0.5, 0.6) is 0 Å². The molecule has 2 heterocycles. The van der Waals surface area contributed by atoms with Crippen LogP contribution >= 0.6 is 0 Å². The zero-order valence-corrected chi connectivity index (χ0v) is 10.8. The summed E-state index contributed by atoms with van der Waals surface area (Å²) < 4.78 is 1.73. The van der Waals surface area contributed by atoms with Gasteiger partial charge < -0.3 is 10.7 Å². The number of nitrogen functional groups attached to an aromatic ring is 1. The SMILES string of the molecule is Cc1cnn(CCNc2ncnc(NN)c2[N+](=O)[O-])c1. The fourth-order valence-electron chi connectivity index (χ4n) is 1.66. The van der Waals surface area contributed by atoms with Gasteiger partial charge in [0.1, 0.15) is 6.33 Å². The van der Waals surface area contributed by atoms with Gasteiger partial charge in [0, 0.05) is 12.7 Å². The van der Waals surface area contributed by atoms with Gasteiger partial charge in [0.05, 0.1) is 17.7 Å². The number of rotatable bonds is 6. The summed E-state index contributed by atoms with van der Waals surface area (Å²) in [5.74, 6) is 5.27. The highest BCUT2D eigenvalue weighted by atomic mass is 16.6. The van der Waals surface area contributed by atoms with Crippen LogP contribution in [-0.4, -0.2) is 31.2 Å². The third kappa shape index (κ3) is 2.98. The Labute approximate surface area is 114 Å². The summed E-state index contributed by atoms with van der Waals surface area (Å²) in [6.07, 6.45) is 4.81. The van der Waals surface area contributed by atoms with Gasteiger partial charge in [-0.2, -0.15) is 5.10 Å². The molecule has 106 valence electrons. The Morgan fingerprint density at radius 1 is 1.45 bits per heavy atom. The summed E-state index contributed by atoms with van der Waals surface area (Å²) in [6, 6.07) is 0. The normalized spacial score (nSPS) is 10.3. The smallest absolute Gasteiger partial charge is 0.354 e. The van der Waals surface area contributed by atoms with Crippen LogP contribution < -0.4 is 16.6 Å². The molecular weight excluding hydrogens is 264 g/mol. The summed E-state index contributed by atoms with van der Waals surface area (Å²) in [5, 5.41) is 18.0. The van der Waals surface area contributed by atoms with E-state index >= 15 is 0 Å². The Morgan fingerprint density at radius 2 is 2.20 bits per heavy atom. The second-order valence-electron chi connectivity index (χ2n) is 4.03. The van der Waals surface area contributed by atoms with E-state index in [2.05, 4.69) is 25.8 Å². The maximum atomic E-state index is 11.0. The Hall–Kier alpha value is -2.75. The van der Waals surface area contributed by atoms with Gasteiger partial charge in [0.15, 0.2) is 0 Å². The molecule has 0 fully saturated rings. The molecule has 0 amide bonds. The Kier molecular flexibility index (Phi) is 4.05. The van der Waals surface area contributed by atoms with Gasteiger partial charge in [-0.3, -0.25) is 14.8 Å². The molecule has 10 nitrogen and oxygen atoms in total. The van der Waals surface area contributed by atoms with Gasteiger partial charge in [-0.25, -0.2) is 15.8 Å². The molecule has 0 aliphatic heterocycles. The molecule has 0 aromatic carbocycles. The van der Waals surface area contributed by atoms with Crippen molar-refractivity contribution in [2.75, 3.05) is 17.3 Å². The maximum absolute atomic E-state index is 11.0. The first-order chi connectivity index (χ1) is 9.61. The first-order valence-corrected chi connectivity index (χ1v) is 5.80. The molecule has 0 unspecified atom stereocenters. The lowest BCUT2D eigenvalue weighted by Gasteiger charge is -2.08. The first-order valence-electron chi connectivity index (χ1n) is 5.80. The van der Waals surface area contributed by atoms with E-state index in [4.69, 9.17) is 5.84 Å².